The number of benzene rings is 3. The number of rotatable bonds is 6. The largest absolute Gasteiger partial charge is 0.497 e. The van der Waals surface area contributed by atoms with E-state index < -0.39 is 0 Å². The number of ether oxygens (including phenoxy) is 1. The maximum absolute atomic E-state index is 12.9. The van der Waals surface area contributed by atoms with Crippen molar-refractivity contribution in [2.24, 2.45) is 0 Å². The van der Waals surface area contributed by atoms with Crippen molar-refractivity contribution >= 4 is 16.7 Å². The average molecular weight is 446 g/mol. The van der Waals surface area contributed by atoms with Gasteiger partial charge in [0.05, 0.1) is 12.7 Å². The molecule has 0 saturated carbocycles. The van der Waals surface area contributed by atoms with Crippen LogP contribution in [0.3, 0.4) is 0 Å². The van der Waals surface area contributed by atoms with E-state index in [9.17, 15) is 4.79 Å². The minimum atomic E-state index is -0.167. The number of pyridine rings is 2. The van der Waals surface area contributed by atoms with E-state index in [2.05, 4.69) is 27.4 Å². The molecule has 0 atom stereocenters. The van der Waals surface area contributed by atoms with Gasteiger partial charge in [-0.15, -0.1) is 0 Å². The van der Waals surface area contributed by atoms with E-state index in [1.165, 1.54) is 0 Å². The molecule has 0 bridgehead atoms. The lowest BCUT2D eigenvalue weighted by Gasteiger charge is -2.13. The molecular weight excluding hydrogens is 422 g/mol. The summed E-state index contributed by atoms with van der Waals surface area (Å²) in [4.78, 5) is 21.5. The number of fused-ring (bicyclic) bond motifs is 1. The zero-order valence-electron chi connectivity index (χ0n) is 18.7. The molecule has 2 heterocycles. The molecule has 0 aliphatic rings. The quantitative estimate of drug-likeness (QED) is 0.353. The molecule has 0 aliphatic carbocycles. The number of hydrogen-bond acceptors (Lipinski definition) is 4. The summed E-state index contributed by atoms with van der Waals surface area (Å²) in [6.45, 7) is 0.384. The lowest BCUT2D eigenvalue weighted by atomic mass is 9.96. The number of hydrogen-bond donors (Lipinski definition) is 1. The van der Waals surface area contributed by atoms with Crippen LogP contribution in [-0.2, 0) is 6.54 Å². The summed E-state index contributed by atoms with van der Waals surface area (Å²) in [6, 6.07) is 25.9. The molecule has 1 amide bonds. The first-order chi connectivity index (χ1) is 16.7. The van der Waals surface area contributed by atoms with Gasteiger partial charge in [-0.1, -0.05) is 54.6 Å². The fourth-order valence-electron chi connectivity index (χ4n) is 4.08. The van der Waals surface area contributed by atoms with Gasteiger partial charge < -0.3 is 10.1 Å². The van der Waals surface area contributed by atoms with Crippen molar-refractivity contribution in [3.63, 3.8) is 0 Å². The summed E-state index contributed by atoms with van der Waals surface area (Å²) in [7, 11) is 1.66. The Labute approximate surface area is 198 Å². The third-order valence-electron chi connectivity index (χ3n) is 5.84. The van der Waals surface area contributed by atoms with Gasteiger partial charge in [0.15, 0.2) is 0 Å². The van der Waals surface area contributed by atoms with E-state index in [0.717, 1.165) is 44.3 Å². The highest BCUT2D eigenvalue weighted by atomic mass is 16.5. The molecule has 34 heavy (non-hydrogen) atoms. The van der Waals surface area contributed by atoms with Crippen molar-refractivity contribution in [2.45, 2.75) is 6.54 Å². The second-order valence-electron chi connectivity index (χ2n) is 7.94. The van der Waals surface area contributed by atoms with Crippen molar-refractivity contribution in [1.82, 2.24) is 15.3 Å². The minimum absolute atomic E-state index is 0.167. The lowest BCUT2D eigenvalue weighted by Crippen LogP contribution is -2.23. The lowest BCUT2D eigenvalue weighted by molar-refractivity contribution is 0.0950. The molecule has 0 radical (unpaired) electrons. The molecule has 5 rings (SSSR count). The summed E-state index contributed by atoms with van der Waals surface area (Å²) in [5.41, 5.74) is 5.61. The van der Waals surface area contributed by atoms with Gasteiger partial charge in [-0.2, -0.15) is 0 Å². The molecule has 5 aromatic rings. The molecule has 166 valence electrons. The van der Waals surface area contributed by atoms with Crippen LogP contribution in [0.2, 0.25) is 0 Å². The van der Waals surface area contributed by atoms with Gasteiger partial charge >= 0.3 is 0 Å². The van der Waals surface area contributed by atoms with Crippen molar-refractivity contribution in [2.75, 3.05) is 7.11 Å². The van der Waals surface area contributed by atoms with Crippen molar-refractivity contribution in [1.29, 1.82) is 0 Å². The van der Waals surface area contributed by atoms with Gasteiger partial charge in [0.2, 0.25) is 0 Å². The molecule has 2 aromatic heterocycles. The van der Waals surface area contributed by atoms with E-state index in [0.29, 0.717) is 12.1 Å². The van der Waals surface area contributed by atoms with Crippen LogP contribution < -0.4 is 10.1 Å². The zero-order chi connectivity index (χ0) is 23.3. The van der Waals surface area contributed by atoms with Crippen LogP contribution in [0.5, 0.6) is 5.75 Å². The zero-order valence-corrected chi connectivity index (χ0v) is 18.7. The van der Waals surface area contributed by atoms with Crippen LogP contribution in [0.15, 0.2) is 104 Å². The normalized spacial score (nSPS) is 10.7. The number of methoxy groups -OCH3 is 1. The Hall–Kier alpha value is -4.51. The predicted molar refractivity (Wildman–Crippen MR) is 135 cm³/mol. The fraction of sp³-hybridized carbons (Fsp3) is 0.0690. The molecule has 0 spiro atoms. The summed E-state index contributed by atoms with van der Waals surface area (Å²) in [5.74, 6) is 0.640. The van der Waals surface area contributed by atoms with Gasteiger partial charge in [-0.25, -0.2) is 0 Å². The Morgan fingerprint density at radius 1 is 0.794 bits per heavy atom. The van der Waals surface area contributed by atoms with Gasteiger partial charge in [-0.3, -0.25) is 14.8 Å². The standard InChI is InChI=1S/C29H23N3O2/c1-34-25-9-5-8-21(15-25)26-11-10-22(28-19-30-13-12-27(26)28)18-32-29(33)24-14-23(16-31-17-24)20-6-3-2-4-7-20/h2-17,19H,18H2,1H3,(H,32,33). The highest BCUT2D eigenvalue weighted by Crippen LogP contribution is 2.32. The van der Waals surface area contributed by atoms with Gasteiger partial charge in [0.1, 0.15) is 5.75 Å². The molecule has 5 nitrogen and oxygen atoms in total. The Balaban J connectivity index is 1.40. The summed E-state index contributed by atoms with van der Waals surface area (Å²) in [6.07, 6.45) is 6.99. The third-order valence-corrected chi connectivity index (χ3v) is 5.84. The van der Waals surface area contributed by atoms with Gasteiger partial charge in [0, 0.05) is 42.3 Å². The first kappa shape index (κ1) is 21.3. The van der Waals surface area contributed by atoms with Crippen molar-refractivity contribution < 1.29 is 9.53 Å². The van der Waals surface area contributed by atoms with Crippen LogP contribution in [0, 0.1) is 0 Å². The highest BCUT2D eigenvalue weighted by Gasteiger charge is 2.12. The van der Waals surface area contributed by atoms with Crippen LogP contribution in [0.4, 0.5) is 0 Å². The van der Waals surface area contributed by atoms with Crippen molar-refractivity contribution in [3.8, 4) is 28.0 Å². The molecule has 1 N–H and O–H groups in total. The predicted octanol–water partition coefficient (Wildman–Crippen LogP) is 5.90. The summed E-state index contributed by atoms with van der Waals surface area (Å²) in [5, 5.41) is 5.11. The summed E-state index contributed by atoms with van der Waals surface area (Å²) >= 11 is 0. The molecule has 0 unspecified atom stereocenters. The van der Waals surface area contributed by atoms with Crippen LogP contribution >= 0.6 is 0 Å². The van der Waals surface area contributed by atoms with E-state index in [4.69, 9.17) is 4.74 Å². The number of nitrogens with one attached hydrogen (secondary N) is 1. The molecule has 5 heteroatoms. The number of nitrogens with zero attached hydrogens (tertiary/aromatic N) is 2. The van der Waals surface area contributed by atoms with Crippen molar-refractivity contribution in [3.05, 3.63) is 115 Å². The van der Waals surface area contributed by atoms with E-state index in [1.54, 1.807) is 25.7 Å². The Morgan fingerprint density at radius 2 is 1.65 bits per heavy atom. The second-order valence-corrected chi connectivity index (χ2v) is 7.94. The SMILES string of the molecule is COc1cccc(-c2ccc(CNC(=O)c3cncc(-c4ccccc4)c3)c3cnccc23)c1. The number of carbonyl (C=O) groups is 1. The Kier molecular flexibility index (Phi) is 5.99. The van der Waals surface area contributed by atoms with Gasteiger partial charge in [0.25, 0.3) is 5.91 Å². The molecular formula is C29H23N3O2. The topological polar surface area (TPSA) is 64.1 Å². The van der Waals surface area contributed by atoms with Crippen LogP contribution in [-0.4, -0.2) is 23.0 Å². The molecule has 0 saturated heterocycles. The second kappa shape index (κ2) is 9.55. The smallest absolute Gasteiger partial charge is 0.253 e. The monoisotopic (exact) mass is 445 g/mol. The van der Waals surface area contributed by atoms with Gasteiger partial charge in [-0.05, 0) is 51.9 Å². The van der Waals surface area contributed by atoms with E-state index in [-0.39, 0.29) is 5.91 Å². The van der Waals surface area contributed by atoms with Crippen LogP contribution in [0.25, 0.3) is 33.0 Å². The first-order valence-electron chi connectivity index (χ1n) is 11.0. The molecule has 0 fully saturated rings. The maximum Gasteiger partial charge on any atom is 0.253 e. The Bertz CT molecular complexity index is 1470. The Morgan fingerprint density at radius 3 is 2.50 bits per heavy atom. The van der Waals surface area contributed by atoms with Crippen LogP contribution in [0.1, 0.15) is 15.9 Å². The summed E-state index contributed by atoms with van der Waals surface area (Å²) < 4.78 is 5.39. The fourth-order valence-corrected chi connectivity index (χ4v) is 4.08. The number of amides is 1. The van der Waals surface area contributed by atoms with E-state index >= 15 is 0 Å². The number of aromatic nitrogens is 2. The third kappa shape index (κ3) is 4.36. The van der Waals surface area contributed by atoms with E-state index in [1.807, 2.05) is 72.9 Å². The molecule has 3 aromatic carbocycles. The average Bonchev–Trinajstić information content (AvgIpc) is 2.92. The highest BCUT2D eigenvalue weighted by molar-refractivity contribution is 5.99. The number of carbonyl (C=O) groups excluding carboxylic acids is 1. The minimum Gasteiger partial charge on any atom is -0.497 e. The first-order valence-corrected chi connectivity index (χ1v) is 11.0. The molecule has 0 aliphatic heterocycles. The maximum atomic E-state index is 12.9.